The number of nitrogens with zero attached hydrogens (tertiary/aromatic N) is 2. The average Bonchev–Trinajstić information content (AvgIpc) is 3.21. The quantitative estimate of drug-likeness (QED) is 0.840. The smallest absolute Gasteiger partial charge is 0.355 e. The fourth-order valence-electron chi connectivity index (χ4n) is 2.61. The first-order valence-electron chi connectivity index (χ1n) is 7.50. The van der Waals surface area contributed by atoms with Crippen LogP contribution in [0.15, 0.2) is 47.8 Å². The Hall–Kier alpha value is -3.13. The van der Waals surface area contributed by atoms with Crippen LogP contribution < -0.4 is 4.90 Å². The number of ether oxygens (including phenoxy) is 3. The van der Waals surface area contributed by atoms with Crippen LogP contribution in [0, 0.1) is 0 Å². The Labute approximate surface area is 144 Å². The van der Waals surface area contributed by atoms with Crippen molar-refractivity contribution in [3.63, 3.8) is 0 Å². The summed E-state index contributed by atoms with van der Waals surface area (Å²) in [7, 11) is 2.51. The van der Waals surface area contributed by atoms with Crippen molar-refractivity contribution in [1.29, 1.82) is 0 Å². The number of aromatic nitrogens is 2. The standard InChI is InChI=1S/C17H17N3O5/c1-23-16(21)13-9-25-10-20(15(13)17(22)24-2)12-5-3-4-11(8-12)14-6-7-18-19-14/h3-8H,9-10H2,1-2H3,(H,18,19). The zero-order valence-electron chi connectivity index (χ0n) is 13.8. The average molecular weight is 343 g/mol. The first-order chi connectivity index (χ1) is 12.2. The summed E-state index contributed by atoms with van der Waals surface area (Å²) in [5, 5.41) is 6.82. The van der Waals surface area contributed by atoms with Crippen LogP contribution in [0.1, 0.15) is 0 Å². The van der Waals surface area contributed by atoms with Gasteiger partial charge in [0.25, 0.3) is 0 Å². The molecule has 1 aliphatic heterocycles. The van der Waals surface area contributed by atoms with E-state index in [2.05, 4.69) is 10.2 Å². The summed E-state index contributed by atoms with van der Waals surface area (Å²) >= 11 is 0. The molecule has 2 aromatic rings. The number of hydrogen-bond acceptors (Lipinski definition) is 7. The minimum atomic E-state index is -0.630. The van der Waals surface area contributed by atoms with Crippen molar-refractivity contribution in [1.82, 2.24) is 10.2 Å². The molecule has 0 fully saturated rings. The van der Waals surface area contributed by atoms with E-state index in [-0.39, 0.29) is 24.6 Å². The van der Waals surface area contributed by atoms with Gasteiger partial charge in [0.1, 0.15) is 12.4 Å². The third-order valence-corrected chi connectivity index (χ3v) is 3.80. The van der Waals surface area contributed by atoms with Crippen molar-refractivity contribution in [2.24, 2.45) is 0 Å². The molecule has 1 aromatic carbocycles. The van der Waals surface area contributed by atoms with Gasteiger partial charge in [-0.05, 0) is 18.2 Å². The van der Waals surface area contributed by atoms with Gasteiger partial charge in [0.05, 0.1) is 32.1 Å². The zero-order chi connectivity index (χ0) is 17.8. The van der Waals surface area contributed by atoms with Gasteiger partial charge in [-0.25, -0.2) is 9.59 Å². The molecule has 1 N–H and O–H groups in total. The third kappa shape index (κ3) is 3.24. The topological polar surface area (TPSA) is 93.8 Å². The van der Waals surface area contributed by atoms with E-state index in [0.29, 0.717) is 5.69 Å². The van der Waals surface area contributed by atoms with Crippen LogP contribution >= 0.6 is 0 Å². The number of aromatic amines is 1. The van der Waals surface area contributed by atoms with Crippen molar-refractivity contribution < 1.29 is 23.8 Å². The maximum Gasteiger partial charge on any atom is 0.355 e. The van der Waals surface area contributed by atoms with Gasteiger partial charge in [-0.2, -0.15) is 5.10 Å². The number of nitrogens with one attached hydrogen (secondary N) is 1. The van der Waals surface area contributed by atoms with Gasteiger partial charge in [0.15, 0.2) is 0 Å². The molecule has 3 rings (SSSR count). The van der Waals surface area contributed by atoms with Crippen LogP contribution in [0.25, 0.3) is 11.3 Å². The van der Waals surface area contributed by atoms with Crippen LogP contribution in [0.4, 0.5) is 5.69 Å². The first kappa shape index (κ1) is 16.7. The molecule has 0 radical (unpaired) electrons. The van der Waals surface area contributed by atoms with Crippen LogP contribution in [-0.2, 0) is 23.8 Å². The molecule has 130 valence electrons. The largest absolute Gasteiger partial charge is 0.466 e. The van der Waals surface area contributed by atoms with Crippen LogP contribution in [0.2, 0.25) is 0 Å². The lowest BCUT2D eigenvalue weighted by molar-refractivity contribution is -0.140. The second-order valence-electron chi connectivity index (χ2n) is 5.24. The van der Waals surface area contributed by atoms with E-state index in [1.807, 2.05) is 30.3 Å². The number of hydrogen-bond donors (Lipinski definition) is 1. The summed E-state index contributed by atoms with van der Waals surface area (Å²) in [6, 6.07) is 9.26. The van der Waals surface area contributed by atoms with Crippen LogP contribution in [0.3, 0.4) is 0 Å². The Morgan fingerprint density at radius 1 is 1.20 bits per heavy atom. The predicted molar refractivity (Wildman–Crippen MR) is 88.4 cm³/mol. The number of H-pyrrole nitrogens is 1. The number of benzene rings is 1. The van der Waals surface area contributed by atoms with E-state index in [4.69, 9.17) is 14.2 Å². The van der Waals surface area contributed by atoms with E-state index >= 15 is 0 Å². The Morgan fingerprint density at radius 3 is 2.68 bits per heavy atom. The summed E-state index contributed by atoms with van der Waals surface area (Å²) in [4.78, 5) is 25.9. The van der Waals surface area contributed by atoms with E-state index in [1.165, 1.54) is 14.2 Å². The van der Waals surface area contributed by atoms with Crippen molar-refractivity contribution in [2.75, 3.05) is 32.5 Å². The van der Waals surface area contributed by atoms with Crippen molar-refractivity contribution in [3.8, 4) is 11.3 Å². The molecule has 1 aromatic heterocycles. The number of carbonyl (C=O) groups is 2. The molecular weight excluding hydrogens is 326 g/mol. The van der Waals surface area contributed by atoms with Crippen molar-refractivity contribution >= 4 is 17.6 Å². The lowest BCUT2D eigenvalue weighted by Gasteiger charge is -2.31. The molecule has 0 saturated heterocycles. The highest BCUT2D eigenvalue weighted by Gasteiger charge is 2.32. The first-order valence-corrected chi connectivity index (χ1v) is 7.50. The van der Waals surface area contributed by atoms with Gasteiger partial charge in [0.2, 0.25) is 0 Å². The van der Waals surface area contributed by atoms with Gasteiger partial charge < -0.3 is 19.1 Å². The SMILES string of the molecule is COC(=O)C1=C(C(=O)OC)N(c2cccc(-c3ccn[nH]3)c2)COC1. The number of anilines is 1. The number of rotatable bonds is 4. The molecule has 0 saturated carbocycles. The molecule has 1 aliphatic rings. The molecule has 2 heterocycles. The molecule has 0 aliphatic carbocycles. The summed E-state index contributed by atoms with van der Waals surface area (Å²) < 4.78 is 15.1. The molecule has 25 heavy (non-hydrogen) atoms. The molecular formula is C17H17N3O5. The highest BCUT2D eigenvalue weighted by molar-refractivity contribution is 6.03. The molecule has 0 bridgehead atoms. The molecule has 8 heteroatoms. The summed E-state index contributed by atoms with van der Waals surface area (Å²) in [6.07, 6.45) is 1.65. The van der Waals surface area contributed by atoms with E-state index in [1.54, 1.807) is 11.1 Å². The normalized spacial score (nSPS) is 14.4. The van der Waals surface area contributed by atoms with Crippen molar-refractivity contribution in [3.05, 3.63) is 47.8 Å². The molecule has 0 atom stereocenters. The number of methoxy groups -OCH3 is 2. The monoisotopic (exact) mass is 343 g/mol. The number of esters is 2. The summed E-state index contributed by atoms with van der Waals surface area (Å²) in [5.41, 5.74) is 2.62. The fraction of sp³-hybridized carbons (Fsp3) is 0.235. The second-order valence-corrected chi connectivity index (χ2v) is 5.24. The van der Waals surface area contributed by atoms with Gasteiger partial charge >= 0.3 is 11.9 Å². The zero-order valence-corrected chi connectivity index (χ0v) is 13.8. The van der Waals surface area contributed by atoms with Crippen LogP contribution in [-0.4, -0.2) is 49.7 Å². The lowest BCUT2D eigenvalue weighted by atomic mass is 10.1. The third-order valence-electron chi connectivity index (χ3n) is 3.80. The van der Waals surface area contributed by atoms with Gasteiger partial charge in [0, 0.05) is 17.4 Å². The minimum Gasteiger partial charge on any atom is -0.466 e. The number of carbonyl (C=O) groups excluding carboxylic acids is 2. The second kappa shape index (κ2) is 7.18. The molecule has 0 amide bonds. The van der Waals surface area contributed by atoms with E-state index in [0.717, 1.165) is 11.3 Å². The maximum absolute atomic E-state index is 12.3. The Kier molecular flexibility index (Phi) is 4.80. The predicted octanol–water partition coefficient (Wildman–Crippen LogP) is 1.47. The Bertz CT molecular complexity index is 813. The van der Waals surface area contributed by atoms with Gasteiger partial charge in [-0.3, -0.25) is 5.10 Å². The molecule has 0 spiro atoms. The van der Waals surface area contributed by atoms with E-state index < -0.39 is 11.9 Å². The molecule has 0 unspecified atom stereocenters. The fourth-order valence-corrected chi connectivity index (χ4v) is 2.61. The highest BCUT2D eigenvalue weighted by Crippen LogP contribution is 2.29. The molecule has 8 nitrogen and oxygen atoms in total. The van der Waals surface area contributed by atoms with Crippen molar-refractivity contribution in [2.45, 2.75) is 0 Å². The maximum atomic E-state index is 12.3. The Morgan fingerprint density at radius 2 is 2.00 bits per heavy atom. The summed E-state index contributed by atoms with van der Waals surface area (Å²) in [6.45, 7) is 0.0885. The summed E-state index contributed by atoms with van der Waals surface area (Å²) in [5.74, 6) is -1.26. The van der Waals surface area contributed by atoms with E-state index in [9.17, 15) is 9.59 Å². The van der Waals surface area contributed by atoms with Crippen LogP contribution in [0.5, 0.6) is 0 Å². The van der Waals surface area contributed by atoms with Gasteiger partial charge in [-0.15, -0.1) is 0 Å². The Balaban J connectivity index is 2.07. The van der Waals surface area contributed by atoms with Gasteiger partial charge in [-0.1, -0.05) is 12.1 Å². The minimum absolute atomic E-state index is 0.0200. The highest BCUT2D eigenvalue weighted by atomic mass is 16.5. The lowest BCUT2D eigenvalue weighted by Crippen LogP contribution is -2.38.